The largest absolute Gasteiger partial charge is 0.490 e. The van der Waals surface area contributed by atoms with Crippen LogP contribution in [-0.4, -0.2) is 30.1 Å². The number of thiocarbonyl (C=S) groups is 1. The molecule has 0 spiro atoms. The van der Waals surface area contributed by atoms with Gasteiger partial charge in [-0.05, 0) is 89.8 Å². The Morgan fingerprint density at radius 3 is 2.00 bits per heavy atom. The molecule has 4 rings (SSSR count). The number of para-hydroxylation sites is 2. The summed E-state index contributed by atoms with van der Waals surface area (Å²) in [4.78, 5) is 30.1. The zero-order valence-electron chi connectivity index (χ0n) is 19.3. The molecule has 0 aromatic heterocycles. The van der Waals surface area contributed by atoms with Crippen molar-refractivity contribution in [3.8, 4) is 23.8 Å². The molecule has 2 amide bonds. The number of halogens is 1. The Labute approximate surface area is 228 Å². The van der Waals surface area contributed by atoms with Gasteiger partial charge in [0.05, 0.1) is 21.6 Å². The van der Waals surface area contributed by atoms with Crippen molar-refractivity contribution in [2.75, 3.05) is 23.0 Å². The number of hydrogen-bond acceptors (Lipinski definition) is 5. The van der Waals surface area contributed by atoms with Gasteiger partial charge in [0.1, 0.15) is 12.2 Å². The minimum atomic E-state index is -0.510. The lowest BCUT2D eigenvalue weighted by molar-refractivity contribution is -0.120. The van der Waals surface area contributed by atoms with Gasteiger partial charge < -0.3 is 9.47 Å². The van der Waals surface area contributed by atoms with Gasteiger partial charge in [-0.2, -0.15) is 0 Å². The third-order valence-corrected chi connectivity index (χ3v) is 6.39. The summed E-state index contributed by atoms with van der Waals surface area (Å²) in [5.74, 6) is 2.40. The molecule has 3 aromatic rings. The van der Waals surface area contributed by atoms with Crippen molar-refractivity contribution in [3.63, 3.8) is 0 Å². The Bertz CT molecular complexity index is 1320. The molecule has 1 aliphatic rings. The SMILES string of the molecule is C#CCOc1c(I)cc(C=C2C(=O)N(c3ccccc3)C(=S)N(c3ccccc3)C2=O)cc1OCC. The zero-order valence-corrected chi connectivity index (χ0v) is 22.3. The number of amides is 2. The van der Waals surface area contributed by atoms with Crippen molar-refractivity contribution in [3.05, 3.63) is 87.5 Å². The fraction of sp³-hybridized carbons (Fsp3) is 0.107. The van der Waals surface area contributed by atoms with Gasteiger partial charge in [0, 0.05) is 0 Å². The minimum absolute atomic E-state index is 0.0353. The maximum Gasteiger partial charge on any atom is 0.270 e. The molecule has 1 aliphatic heterocycles. The quantitative estimate of drug-likeness (QED) is 0.118. The van der Waals surface area contributed by atoms with Gasteiger partial charge in [-0.1, -0.05) is 42.3 Å². The third kappa shape index (κ3) is 5.12. The second-order valence-electron chi connectivity index (χ2n) is 7.55. The molecule has 1 heterocycles. The highest BCUT2D eigenvalue weighted by molar-refractivity contribution is 14.1. The van der Waals surface area contributed by atoms with E-state index in [2.05, 4.69) is 28.5 Å². The van der Waals surface area contributed by atoms with Gasteiger partial charge in [0.2, 0.25) is 0 Å². The molecule has 8 heteroatoms. The summed E-state index contributed by atoms with van der Waals surface area (Å²) in [6.45, 7) is 2.34. The summed E-state index contributed by atoms with van der Waals surface area (Å²) in [6, 6.07) is 21.5. The van der Waals surface area contributed by atoms with Gasteiger partial charge in [0.25, 0.3) is 11.8 Å². The second kappa shape index (κ2) is 11.4. The van der Waals surface area contributed by atoms with Crippen LogP contribution >= 0.6 is 34.8 Å². The number of terminal acetylenes is 1. The summed E-state index contributed by atoms with van der Waals surface area (Å²) in [5, 5.41) is 0.0853. The van der Waals surface area contributed by atoms with Crippen molar-refractivity contribution >= 4 is 69.2 Å². The Morgan fingerprint density at radius 2 is 1.50 bits per heavy atom. The molecule has 0 saturated carbocycles. The minimum Gasteiger partial charge on any atom is -0.490 e. The van der Waals surface area contributed by atoms with E-state index < -0.39 is 11.8 Å². The summed E-state index contributed by atoms with van der Waals surface area (Å²) < 4.78 is 12.1. The molecule has 0 bridgehead atoms. The van der Waals surface area contributed by atoms with E-state index in [1.54, 1.807) is 42.5 Å². The van der Waals surface area contributed by atoms with Crippen molar-refractivity contribution < 1.29 is 19.1 Å². The standard InChI is InChI=1S/C28H21IN2O4S/c1-3-15-35-25-23(29)17-19(18-24(25)34-4-2)16-22-26(32)30(20-11-7-5-8-12-20)28(36)31(27(22)33)21-13-9-6-10-14-21/h1,5-14,16-18H,4,15H2,2H3. The van der Waals surface area contributed by atoms with E-state index in [1.165, 1.54) is 9.80 Å². The van der Waals surface area contributed by atoms with Crippen molar-refractivity contribution in [1.82, 2.24) is 0 Å². The van der Waals surface area contributed by atoms with E-state index in [1.807, 2.05) is 43.3 Å². The molecular weight excluding hydrogens is 587 g/mol. The lowest BCUT2D eigenvalue weighted by atomic mass is 10.0. The monoisotopic (exact) mass is 608 g/mol. The normalized spacial score (nSPS) is 13.5. The topological polar surface area (TPSA) is 59.1 Å². The van der Waals surface area contributed by atoms with Gasteiger partial charge in [-0.25, -0.2) is 0 Å². The van der Waals surface area contributed by atoms with E-state index in [0.717, 1.165) is 3.57 Å². The van der Waals surface area contributed by atoms with Crippen LogP contribution in [0.15, 0.2) is 78.4 Å². The highest BCUT2D eigenvalue weighted by atomic mass is 127. The first-order valence-corrected chi connectivity index (χ1v) is 12.5. The molecular formula is C28H21IN2O4S. The Balaban J connectivity index is 1.85. The predicted octanol–water partition coefficient (Wildman–Crippen LogP) is 5.45. The first-order chi connectivity index (χ1) is 17.5. The molecule has 0 N–H and O–H groups in total. The Kier molecular flexibility index (Phi) is 8.03. The van der Waals surface area contributed by atoms with Crippen LogP contribution in [0.25, 0.3) is 6.08 Å². The molecule has 1 fully saturated rings. The molecule has 0 radical (unpaired) electrons. The third-order valence-electron chi connectivity index (χ3n) is 5.22. The second-order valence-corrected chi connectivity index (χ2v) is 9.08. The first-order valence-electron chi connectivity index (χ1n) is 11.0. The lowest BCUT2D eigenvalue weighted by Gasteiger charge is -2.36. The van der Waals surface area contributed by atoms with Crippen molar-refractivity contribution in [1.29, 1.82) is 0 Å². The highest BCUT2D eigenvalue weighted by Gasteiger charge is 2.41. The summed E-state index contributed by atoms with van der Waals surface area (Å²) in [7, 11) is 0. The number of carbonyl (C=O) groups is 2. The molecule has 36 heavy (non-hydrogen) atoms. The van der Waals surface area contributed by atoms with Crippen LogP contribution < -0.4 is 19.3 Å². The molecule has 1 saturated heterocycles. The lowest BCUT2D eigenvalue weighted by Crippen LogP contribution is -2.56. The van der Waals surface area contributed by atoms with E-state index >= 15 is 0 Å². The number of hydrogen-bond donors (Lipinski definition) is 0. The summed E-state index contributed by atoms with van der Waals surface area (Å²) in [6.07, 6.45) is 6.89. The summed E-state index contributed by atoms with van der Waals surface area (Å²) in [5.41, 5.74) is 1.69. The molecule has 6 nitrogen and oxygen atoms in total. The smallest absolute Gasteiger partial charge is 0.270 e. The number of rotatable bonds is 7. The number of anilines is 2. The predicted molar refractivity (Wildman–Crippen MR) is 153 cm³/mol. The molecule has 0 unspecified atom stereocenters. The Hall–Kier alpha value is -3.68. The van der Waals surface area contributed by atoms with E-state index in [-0.39, 0.29) is 17.3 Å². The van der Waals surface area contributed by atoms with Crippen LogP contribution in [0.3, 0.4) is 0 Å². The van der Waals surface area contributed by atoms with Gasteiger partial charge in [-0.3, -0.25) is 19.4 Å². The molecule has 180 valence electrons. The molecule has 3 aromatic carbocycles. The average Bonchev–Trinajstić information content (AvgIpc) is 2.88. The van der Waals surface area contributed by atoms with Gasteiger partial charge in [0.15, 0.2) is 16.6 Å². The molecule has 0 aliphatic carbocycles. The van der Waals surface area contributed by atoms with Crippen molar-refractivity contribution in [2.45, 2.75) is 6.92 Å². The Morgan fingerprint density at radius 1 is 0.944 bits per heavy atom. The summed E-state index contributed by atoms with van der Waals surface area (Å²) >= 11 is 7.76. The molecule has 0 atom stereocenters. The van der Waals surface area contributed by atoms with Gasteiger partial charge in [-0.15, -0.1) is 6.42 Å². The van der Waals surface area contributed by atoms with Crippen LogP contribution in [0.4, 0.5) is 11.4 Å². The number of ether oxygens (including phenoxy) is 2. The number of carbonyl (C=O) groups excluding carboxylic acids is 2. The maximum absolute atomic E-state index is 13.7. The van der Waals surface area contributed by atoms with E-state index in [9.17, 15) is 9.59 Å². The van der Waals surface area contributed by atoms with Crippen LogP contribution in [0.5, 0.6) is 11.5 Å². The zero-order chi connectivity index (χ0) is 25.7. The number of nitrogens with zero attached hydrogens (tertiary/aromatic N) is 2. The van der Waals surface area contributed by atoms with E-state index in [4.69, 9.17) is 28.1 Å². The first kappa shape index (κ1) is 25.4. The van der Waals surface area contributed by atoms with E-state index in [0.29, 0.717) is 35.0 Å². The van der Waals surface area contributed by atoms with Crippen LogP contribution in [0, 0.1) is 15.9 Å². The fourth-order valence-corrected chi connectivity index (χ4v) is 4.85. The maximum atomic E-state index is 13.7. The van der Waals surface area contributed by atoms with Crippen molar-refractivity contribution in [2.24, 2.45) is 0 Å². The fourth-order valence-electron chi connectivity index (χ4n) is 3.69. The van der Waals surface area contributed by atoms with Crippen LogP contribution in [-0.2, 0) is 9.59 Å². The average molecular weight is 608 g/mol. The van der Waals surface area contributed by atoms with Crippen LogP contribution in [0.1, 0.15) is 12.5 Å². The number of benzene rings is 3. The highest BCUT2D eigenvalue weighted by Crippen LogP contribution is 2.36. The van der Waals surface area contributed by atoms with Crippen LogP contribution in [0.2, 0.25) is 0 Å². The van der Waals surface area contributed by atoms with Gasteiger partial charge >= 0.3 is 0 Å².